The lowest BCUT2D eigenvalue weighted by Gasteiger charge is -2.17. The van der Waals surface area contributed by atoms with E-state index in [0.29, 0.717) is 26.1 Å². The second-order valence-corrected chi connectivity index (χ2v) is 6.41. The van der Waals surface area contributed by atoms with Gasteiger partial charge >= 0.3 is 0 Å². The minimum Gasteiger partial charge on any atom is -0.338 e. The van der Waals surface area contributed by atoms with Crippen molar-refractivity contribution in [2.24, 2.45) is 0 Å². The number of nitrogens with zero attached hydrogens (tertiary/aromatic N) is 3. The van der Waals surface area contributed by atoms with E-state index in [1.54, 1.807) is 0 Å². The zero-order chi connectivity index (χ0) is 17.2. The van der Waals surface area contributed by atoms with E-state index < -0.39 is 0 Å². The molecule has 0 radical (unpaired) electrons. The standard InChI is InChI=1S/C21H19N3O/c1-2-12-24-19-11-7-6-10-18(19)22-21(24)17-13-20(25)23(15-17)14-16-8-4-3-5-9-16/h1,3-11,17H,12-15H2/t17-/m1/s1. The zero-order valence-corrected chi connectivity index (χ0v) is 13.9. The number of imidazole rings is 1. The fraction of sp³-hybridized carbons (Fsp3) is 0.238. The Morgan fingerprint density at radius 2 is 1.88 bits per heavy atom. The number of benzene rings is 2. The molecule has 3 aromatic rings. The fourth-order valence-electron chi connectivity index (χ4n) is 3.57. The third-order valence-electron chi connectivity index (χ3n) is 4.73. The molecule has 1 aromatic heterocycles. The molecule has 0 aliphatic carbocycles. The number of carbonyl (C=O) groups is 1. The Bertz CT molecular complexity index is 952. The summed E-state index contributed by atoms with van der Waals surface area (Å²) >= 11 is 0. The number of carbonyl (C=O) groups excluding carboxylic acids is 1. The molecule has 1 atom stereocenters. The van der Waals surface area contributed by atoms with Crippen LogP contribution in [0.1, 0.15) is 23.7 Å². The topological polar surface area (TPSA) is 38.1 Å². The maximum atomic E-state index is 12.5. The van der Waals surface area contributed by atoms with Gasteiger partial charge in [-0.3, -0.25) is 4.79 Å². The van der Waals surface area contributed by atoms with Crippen LogP contribution in [-0.2, 0) is 17.9 Å². The van der Waals surface area contributed by atoms with Crippen LogP contribution in [0.3, 0.4) is 0 Å². The molecule has 4 rings (SSSR count). The second kappa shape index (κ2) is 6.45. The van der Waals surface area contributed by atoms with Gasteiger partial charge in [0, 0.05) is 25.4 Å². The molecule has 1 saturated heterocycles. The molecule has 0 bridgehead atoms. The van der Waals surface area contributed by atoms with Crippen LogP contribution >= 0.6 is 0 Å². The van der Waals surface area contributed by atoms with E-state index in [-0.39, 0.29) is 11.8 Å². The van der Waals surface area contributed by atoms with Crippen molar-refractivity contribution in [3.05, 3.63) is 66.0 Å². The summed E-state index contributed by atoms with van der Waals surface area (Å²) in [6.07, 6.45) is 6.05. The number of rotatable bonds is 4. The monoisotopic (exact) mass is 329 g/mol. The summed E-state index contributed by atoms with van der Waals surface area (Å²) in [6, 6.07) is 18.1. The van der Waals surface area contributed by atoms with Gasteiger partial charge in [-0.25, -0.2) is 4.98 Å². The van der Waals surface area contributed by atoms with Crippen LogP contribution in [0.15, 0.2) is 54.6 Å². The molecule has 0 N–H and O–H groups in total. The summed E-state index contributed by atoms with van der Waals surface area (Å²) in [7, 11) is 0. The number of likely N-dealkylation sites (tertiary alicyclic amines) is 1. The molecule has 124 valence electrons. The van der Waals surface area contributed by atoms with Crippen molar-refractivity contribution in [1.29, 1.82) is 0 Å². The highest BCUT2D eigenvalue weighted by molar-refractivity contribution is 5.81. The van der Waals surface area contributed by atoms with Gasteiger partial charge in [-0.1, -0.05) is 48.4 Å². The van der Waals surface area contributed by atoms with E-state index in [9.17, 15) is 4.79 Å². The van der Waals surface area contributed by atoms with Crippen molar-refractivity contribution in [1.82, 2.24) is 14.5 Å². The molecular weight excluding hydrogens is 310 g/mol. The number of hydrogen-bond acceptors (Lipinski definition) is 2. The van der Waals surface area contributed by atoms with Crippen molar-refractivity contribution in [3.8, 4) is 12.3 Å². The number of fused-ring (bicyclic) bond motifs is 1. The Labute approximate surface area is 147 Å². The Morgan fingerprint density at radius 3 is 2.68 bits per heavy atom. The quantitative estimate of drug-likeness (QED) is 0.690. The summed E-state index contributed by atoms with van der Waals surface area (Å²) in [5.41, 5.74) is 3.11. The number of aromatic nitrogens is 2. The number of terminal acetylenes is 1. The van der Waals surface area contributed by atoms with Gasteiger partial charge in [-0.2, -0.15) is 0 Å². The van der Waals surface area contributed by atoms with E-state index in [4.69, 9.17) is 11.4 Å². The van der Waals surface area contributed by atoms with Crippen molar-refractivity contribution in [2.45, 2.75) is 25.4 Å². The number of para-hydroxylation sites is 2. The maximum Gasteiger partial charge on any atom is 0.223 e. The Morgan fingerprint density at radius 1 is 1.12 bits per heavy atom. The van der Waals surface area contributed by atoms with Crippen LogP contribution in [0, 0.1) is 12.3 Å². The largest absolute Gasteiger partial charge is 0.338 e. The molecule has 2 aromatic carbocycles. The molecule has 4 heteroatoms. The predicted molar refractivity (Wildman–Crippen MR) is 97.8 cm³/mol. The summed E-state index contributed by atoms with van der Waals surface area (Å²) in [4.78, 5) is 19.2. The summed E-state index contributed by atoms with van der Waals surface area (Å²) in [5.74, 6) is 3.89. The smallest absolute Gasteiger partial charge is 0.223 e. The highest BCUT2D eigenvalue weighted by atomic mass is 16.2. The number of hydrogen-bond donors (Lipinski definition) is 0. The summed E-state index contributed by atoms with van der Waals surface area (Å²) in [6.45, 7) is 1.80. The minimum atomic E-state index is 0.0805. The second-order valence-electron chi connectivity index (χ2n) is 6.41. The van der Waals surface area contributed by atoms with Crippen LogP contribution in [0.2, 0.25) is 0 Å². The van der Waals surface area contributed by atoms with Crippen LogP contribution < -0.4 is 0 Å². The SMILES string of the molecule is C#CCn1c([C@@H]2CC(=O)N(Cc3ccccc3)C2)nc2ccccc21. The molecule has 1 amide bonds. The van der Waals surface area contributed by atoms with Gasteiger partial charge in [0.05, 0.1) is 17.6 Å². The molecule has 0 unspecified atom stereocenters. The van der Waals surface area contributed by atoms with Crippen molar-refractivity contribution in [2.75, 3.05) is 6.54 Å². The lowest BCUT2D eigenvalue weighted by Crippen LogP contribution is -2.24. The first-order valence-corrected chi connectivity index (χ1v) is 8.46. The first kappa shape index (κ1) is 15.5. The molecule has 0 saturated carbocycles. The molecule has 1 aliphatic heterocycles. The van der Waals surface area contributed by atoms with E-state index in [1.165, 1.54) is 0 Å². The number of amides is 1. The van der Waals surface area contributed by atoms with Gasteiger partial charge < -0.3 is 9.47 Å². The molecule has 25 heavy (non-hydrogen) atoms. The van der Waals surface area contributed by atoms with Gasteiger partial charge in [0.25, 0.3) is 0 Å². The zero-order valence-electron chi connectivity index (χ0n) is 13.9. The Hall–Kier alpha value is -3.06. The van der Waals surface area contributed by atoms with Gasteiger partial charge in [0.2, 0.25) is 5.91 Å². The van der Waals surface area contributed by atoms with Gasteiger partial charge in [-0.05, 0) is 17.7 Å². The minimum absolute atomic E-state index is 0.0805. The van der Waals surface area contributed by atoms with Crippen LogP contribution in [-0.4, -0.2) is 26.9 Å². The molecule has 1 aliphatic rings. The van der Waals surface area contributed by atoms with Crippen molar-refractivity contribution >= 4 is 16.9 Å². The first-order chi connectivity index (χ1) is 12.3. The Balaban J connectivity index is 1.63. The first-order valence-electron chi connectivity index (χ1n) is 8.46. The van der Waals surface area contributed by atoms with Crippen LogP contribution in [0.5, 0.6) is 0 Å². The normalized spacial score (nSPS) is 17.2. The third-order valence-corrected chi connectivity index (χ3v) is 4.73. The van der Waals surface area contributed by atoms with Gasteiger partial charge in [0.1, 0.15) is 5.82 Å². The highest BCUT2D eigenvalue weighted by Gasteiger charge is 2.33. The predicted octanol–water partition coefficient (Wildman–Crippen LogP) is 3.19. The molecule has 0 spiro atoms. The molecule has 2 heterocycles. The van der Waals surface area contributed by atoms with Crippen molar-refractivity contribution < 1.29 is 4.79 Å². The lowest BCUT2D eigenvalue weighted by molar-refractivity contribution is -0.128. The van der Waals surface area contributed by atoms with Crippen molar-refractivity contribution in [3.63, 3.8) is 0 Å². The van der Waals surface area contributed by atoms with E-state index in [2.05, 4.69) is 10.5 Å². The van der Waals surface area contributed by atoms with E-state index in [1.807, 2.05) is 59.5 Å². The van der Waals surface area contributed by atoms with Crippen LogP contribution in [0.4, 0.5) is 0 Å². The summed E-state index contributed by atoms with van der Waals surface area (Å²) < 4.78 is 2.07. The Kier molecular flexibility index (Phi) is 3.99. The average Bonchev–Trinajstić information content (AvgIpc) is 3.18. The van der Waals surface area contributed by atoms with E-state index in [0.717, 1.165) is 22.4 Å². The molecule has 4 nitrogen and oxygen atoms in total. The average molecular weight is 329 g/mol. The van der Waals surface area contributed by atoms with Gasteiger partial charge in [0.15, 0.2) is 0 Å². The maximum absolute atomic E-state index is 12.5. The van der Waals surface area contributed by atoms with Crippen LogP contribution in [0.25, 0.3) is 11.0 Å². The fourth-order valence-corrected chi connectivity index (χ4v) is 3.57. The molecular formula is C21H19N3O. The lowest BCUT2D eigenvalue weighted by atomic mass is 10.1. The van der Waals surface area contributed by atoms with Gasteiger partial charge in [-0.15, -0.1) is 6.42 Å². The summed E-state index contributed by atoms with van der Waals surface area (Å²) in [5, 5.41) is 0. The highest BCUT2D eigenvalue weighted by Crippen LogP contribution is 2.31. The van der Waals surface area contributed by atoms with E-state index >= 15 is 0 Å². The third kappa shape index (κ3) is 2.89. The molecule has 1 fully saturated rings.